The molecule has 2 aromatic rings. The minimum absolute atomic E-state index is 0.0174. The number of phenols is 1. The second kappa shape index (κ2) is 5.31. The van der Waals surface area contributed by atoms with Crippen LogP contribution in [0.4, 0.5) is 5.69 Å². The van der Waals surface area contributed by atoms with Crippen molar-refractivity contribution in [2.75, 3.05) is 11.9 Å². The van der Waals surface area contributed by atoms with E-state index in [0.717, 1.165) is 5.69 Å². The smallest absolute Gasteiger partial charge is 0.228 e. The maximum Gasteiger partial charge on any atom is 0.228 e. The summed E-state index contributed by atoms with van der Waals surface area (Å²) in [5.74, 6) is 0.165. The van der Waals surface area contributed by atoms with Crippen molar-refractivity contribution in [1.82, 2.24) is 14.8 Å². The summed E-state index contributed by atoms with van der Waals surface area (Å²) in [6, 6.07) is 6.50. The number of anilines is 1. The molecule has 1 heterocycles. The van der Waals surface area contributed by atoms with Crippen molar-refractivity contribution >= 4 is 11.6 Å². The number of hydrogen-bond donors (Lipinski definition) is 1. The molecule has 0 aliphatic heterocycles. The molecule has 0 saturated heterocycles. The third-order valence-electron chi connectivity index (χ3n) is 2.63. The lowest BCUT2D eigenvalue weighted by Gasteiger charge is -2.17. The summed E-state index contributed by atoms with van der Waals surface area (Å²) in [4.78, 5) is 17.3. The topological polar surface area (TPSA) is 71.2 Å². The Morgan fingerprint density at radius 1 is 1.39 bits per heavy atom. The van der Waals surface area contributed by atoms with Crippen LogP contribution in [-0.2, 0) is 11.3 Å². The first kappa shape index (κ1) is 12.1. The summed E-state index contributed by atoms with van der Waals surface area (Å²) in [6.07, 6.45) is 3.36. The summed E-state index contributed by atoms with van der Waals surface area (Å²) >= 11 is 0. The SMILES string of the molecule is CN(C(=O)CCn1cncn1)c1ccc(O)cc1. The van der Waals surface area contributed by atoms with Crippen LogP contribution in [0.5, 0.6) is 5.75 Å². The zero-order valence-electron chi connectivity index (χ0n) is 10.0. The summed E-state index contributed by atoms with van der Waals surface area (Å²) in [5, 5.41) is 13.1. The number of amides is 1. The average Bonchev–Trinajstić information content (AvgIpc) is 2.89. The van der Waals surface area contributed by atoms with Crippen LogP contribution in [0, 0.1) is 0 Å². The predicted molar refractivity (Wildman–Crippen MR) is 66.2 cm³/mol. The number of aryl methyl sites for hydroxylation is 1. The van der Waals surface area contributed by atoms with Crippen molar-refractivity contribution in [2.24, 2.45) is 0 Å². The molecule has 6 heteroatoms. The van der Waals surface area contributed by atoms with Crippen molar-refractivity contribution in [1.29, 1.82) is 0 Å². The van der Waals surface area contributed by atoms with E-state index in [-0.39, 0.29) is 11.7 Å². The molecule has 1 aromatic carbocycles. The van der Waals surface area contributed by atoms with Crippen LogP contribution in [0.25, 0.3) is 0 Å². The molecule has 94 valence electrons. The number of aromatic hydroxyl groups is 1. The Balaban J connectivity index is 1.94. The van der Waals surface area contributed by atoms with Gasteiger partial charge in [-0.15, -0.1) is 0 Å². The van der Waals surface area contributed by atoms with Gasteiger partial charge in [0.05, 0.1) is 6.54 Å². The molecule has 0 saturated carbocycles. The normalized spacial score (nSPS) is 10.3. The van der Waals surface area contributed by atoms with Gasteiger partial charge in [-0.25, -0.2) is 4.98 Å². The van der Waals surface area contributed by atoms with E-state index in [9.17, 15) is 9.90 Å². The van der Waals surface area contributed by atoms with Crippen molar-refractivity contribution in [3.05, 3.63) is 36.9 Å². The summed E-state index contributed by atoms with van der Waals surface area (Å²) < 4.78 is 1.61. The Kier molecular flexibility index (Phi) is 3.57. The van der Waals surface area contributed by atoms with E-state index in [1.807, 2.05) is 0 Å². The van der Waals surface area contributed by atoms with Gasteiger partial charge in [-0.1, -0.05) is 0 Å². The van der Waals surface area contributed by atoms with Crippen LogP contribution in [0.15, 0.2) is 36.9 Å². The number of phenolic OH excluding ortho intramolecular Hbond substituents is 1. The first-order valence-electron chi connectivity index (χ1n) is 5.55. The molecule has 2 rings (SSSR count). The van der Waals surface area contributed by atoms with E-state index in [2.05, 4.69) is 10.1 Å². The minimum Gasteiger partial charge on any atom is -0.508 e. The zero-order chi connectivity index (χ0) is 13.0. The van der Waals surface area contributed by atoms with Crippen molar-refractivity contribution in [3.8, 4) is 5.75 Å². The standard InChI is InChI=1S/C12H14N4O2/c1-15(10-2-4-11(17)5-3-10)12(18)6-7-16-9-13-8-14-16/h2-5,8-9,17H,6-7H2,1H3. The van der Waals surface area contributed by atoms with Gasteiger partial charge in [-0.3, -0.25) is 9.48 Å². The average molecular weight is 246 g/mol. The lowest BCUT2D eigenvalue weighted by Crippen LogP contribution is -2.27. The van der Waals surface area contributed by atoms with E-state index in [0.29, 0.717) is 13.0 Å². The maximum absolute atomic E-state index is 11.9. The van der Waals surface area contributed by atoms with Gasteiger partial charge in [0.1, 0.15) is 18.4 Å². The number of carbonyl (C=O) groups is 1. The number of hydrogen-bond acceptors (Lipinski definition) is 4. The monoisotopic (exact) mass is 246 g/mol. The van der Waals surface area contributed by atoms with E-state index in [4.69, 9.17) is 0 Å². The van der Waals surface area contributed by atoms with E-state index in [1.165, 1.54) is 6.33 Å². The van der Waals surface area contributed by atoms with Crippen LogP contribution < -0.4 is 4.90 Å². The fourth-order valence-corrected chi connectivity index (χ4v) is 1.55. The Bertz CT molecular complexity index is 507. The third kappa shape index (κ3) is 2.85. The molecule has 0 aliphatic carbocycles. The molecule has 0 unspecified atom stereocenters. The van der Waals surface area contributed by atoms with Gasteiger partial charge >= 0.3 is 0 Å². The summed E-state index contributed by atoms with van der Waals surface area (Å²) in [7, 11) is 1.70. The van der Waals surface area contributed by atoms with Crippen LogP contribution in [0.3, 0.4) is 0 Å². The number of carbonyl (C=O) groups excluding carboxylic acids is 1. The Morgan fingerprint density at radius 3 is 2.72 bits per heavy atom. The first-order chi connectivity index (χ1) is 8.66. The first-order valence-corrected chi connectivity index (χ1v) is 5.55. The number of aromatic nitrogens is 3. The molecule has 1 N–H and O–H groups in total. The van der Waals surface area contributed by atoms with Crippen molar-refractivity contribution < 1.29 is 9.90 Å². The molecule has 0 fully saturated rings. The second-order valence-electron chi connectivity index (χ2n) is 3.88. The van der Waals surface area contributed by atoms with Crippen molar-refractivity contribution in [3.63, 3.8) is 0 Å². The van der Waals surface area contributed by atoms with Gasteiger partial charge in [-0.2, -0.15) is 5.10 Å². The van der Waals surface area contributed by atoms with Gasteiger partial charge < -0.3 is 10.0 Å². The maximum atomic E-state index is 11.9. The molecule has 0 atom stereocenters. The molecule has 0 radical (unpaired) electrons. The molecule has 1 aromatic heterocycles. The summed E-state index contributed by atoms with van der Waals surface area (Å²) in [5.41, 5.74) is 0.747. The molecule has 6 nitrogen and oxygen atoms in total. The fraction of sp³-hybridized carbons (Fsp3) is 0.250. The zero-order valence-corrected chi connectivity index (χ0v) is 10.0. The van der Waals surface area contributed by atoms with Gasteiger partial charge in [0.2, 0.25) is 5.91 Å². The molecular formula is C12H14N4O2. The molecule has 1 amide bonds. The Hall–Kier alpha value is -2.37. The van der Waals surface area contributed by atoms with Crippen LogP contribution in [0.2, 0.25) is 0 Å². The van der Waals surface area contributed by atoms with E-state index in [1.54, 1.807) is 47.2 Å². The molecular weight excluding hydrogens is 232 g/mol. The lowest BCUT2D eigenvalue weighted by atomic mass is 10.2. The Morgan fingerprint density at radius 2 is 2.11 bits per heavy atom. The molecule has 0 spiro atoms. The molecule has 18 heavy (non-hydrogen) atoms. The third-order valence-corrected chi connectivity index (χ3v) is 2.63. The highest BCUT2D eigenvalue weighted by atomic mass is 16.3. The number of nitrogens with zero attached hydrogens (tertiary/aromatic N) is 4. The number of benzene rings is 1. The van der Waals surface area contributed by atoms with Gasteiger partial charge in [0.15, 0.2) is 0 Å². The van der Waals surface area contributed by atoms with Gasteiger partial charge in [-0.05, 0) is 24.3 Å². The number of rotatable bonds is 4. The van der Waals surface area contributed by atoms with Crippen molar-refractivity contribution in [2.45, 2.75) is 13.0 Å². The van der Waals surface area contributed by atoms with Gasteiger partial charge in [0.25, 0.3) is 0 Å². The quantitative estimate of drug-likeness (QED) is 0.874. The highest BCUT2D eigenvalue weighted by Crippen LogP contribution is 2.17. The van der Waals surface area contributed by atoms with Gasteiger partial charge in [0, 0.05) is 19.2 Å². The predicted octanol–water partition coefficient (Wildman–Crippen LogP) is 1.04. The van der Waals surface area contributed by atoms with E-state index >= 15 is 0 Å². The highest BCUT2D eigenvalue weighted by molar-refractivity contribution is 5.92. The summed E-state index contributed by atoms with van der Waals surface area (Å²) in [6.45, 7) is 0.501. The Labute approximate surface area is 104 Å². The van der Waals surface area contributed by atoms with Crippen LogP contribution in [-0.4, -0.2) is 32.8 Å². The van der Waals surface area contributed by atoms with E-state index < -0.39 is 0 Å². The lowest BCUT2D eigenvalue weighted by molar-refractivity contribution is -0.118. The largest absolute Gasteiger partial charge is 0.508 e. The van der Waals surface area contributed by atoms with Crippen LogP contribution in [0.1, 0.15) is 6.42 Å². The fourth-order valence-electron chi connectivity index (χ4n) is 1.55. The minimum atomic E-state index is -0.0174. The molecule has 0 bridgehead atoms. The second-order valence-corrected chi connectivity index (χ2v) is 3.88. The molecule has 0 aliphatic rings. The van der Waals surface area contributed by atoms with Crippen LogP contribution >= 0.6 is 0 Å². The highest BCUT2D eigenvalue weighted by Gasteiger charge is 2.10.